The third kappa shape index (κ3) is 4.14. The minimum atomic E-state index is -0.806. The number of hydrogen-bond acceptors (Lipinski definition) is 4. The first-order valence-corrected chi connectivity index (χ1v) is 5.25. The number of phenolic OH excluding ortho intramolecular Hbond substituents is 1. The number of nitrogens with two attached hydrogens (primary N) is 1. The molecule has 0 aliphatic carbocycles. The summed E-state index contributed by atoms with van der Waals surface area (Å²) < 4.78 is 17.7. The average Bonchev–Trinajstić information content (AvgIpc) is 2.22. The Kier molecular flexibility index (Phi) is 6.44. The molecule has 0 radical (unpaired) electrons. The van der Waals surface area contributed by atoms with Gasteiger partial charge in [-0.15, -0.1) is 12.4 Å². The topological polar surface area (TPSA) is 72.5 Å². The van der Waals surface area contributed by atoms with E-state index in [1.807, 2.05) is 0 Å². The molecule has 1 aromatic carbocycles. The van der Waals surface area contributed by atoms with Gasteiger partial charge in [0.2, 0.25) is 0 Å². The minimum Gasteiger partial charge on any atom is -0.506 e. The predicted octanol–water partition coefficient (Wildman–Crippen LogP) is 2.28. The van der Waals surface area contributed by atoms with Gasteiger partial charge in [0, 0.05) is 11.6 Å². The molecule has 7 heteroatoms. The summed E-state index contributed by atoms with van der Waals surface area (Å²) in [5, 5.41) is 9.63. The van der Waals surface area contributed by atoms with Gasteiger partial charge in [0.05, 0.1) is 18.0 Å². The zero-order valence-electron chi connectivity index (χ0n) is 8.94. The van der Waals surface area contributed by atoms with Crippen molar-refractivity contribution >= 4 is 34.3 Å². The van der Waals surface area contributed by atoms with E-state index in [9.17, 15) is 14.3 Å². The van der Waals surface area contributed by atoms with E-state index in [0.29, 0.717) is 0 Å². The van der Waals surface area contributed by atoms with Crippen molar-refractivity contribution in [3.05, 3.63) is 28.0 Å². The van der Waals surface area contributed by atoms with Crippen LogP contribution in [0.3, 0.4) is 0 Å². The predicted molar refractivity (Wildman–Crippen MR) is 66.6 cm³/mol. The molecule has 0 aliphatic heterocycles. The van der Waals surface area contributed by atoms with Gasteiger partial charge in [-0.2, -0.15) is 0 Å². The van der Waals surface area contributed by atoms with Gasteiger partial charge in [-0.1, -0.05) is 0 Å². The number of aromatic hydroxyl groups is 1. The smallest absolute Gasteiger partial charge is 0.307 e. The summed E-state index contributed by atoms with van der Waals surface area (Å²) >= 11 is 2.99. The maximum atomic E-state index is 13.1. The van der Waals surface area contributed by atoms with E-state index >= 15 is 0 Å². The van der Waals surface area contributed by atoms with Gasteiger partial charge < -0.3 is 15.6 Å². The molecule has 0 unspecified atom stereocenters. The monoisotopic (exact) mass is 327 g/mol. The normalized spacial score (nSPS) is 11.5. The molecule has 0 heterocycles. The Labute approximate surface area is 112 Å². The van der Waals surface area contributed by atoms with Crippen LogP contribution in [0.5, 0.6) is 5.75 Å². The van der Waals surface area contributed by atoms with Crippen molar-refractivity contribution in [1.29, 1.82) is 0 Å². The Morgan fingerprint density at radius 1 is 1.65 bits per heavy atom. The summed E-state index contributed by atoms with van der Waals surface area (Å²) in [6, 6.07) is 1.40. The first-order chi connectivity index (χ1) is 7.45. The maximum absolute atomic E-state index is 13.1. The number of hydrogen-bond donors (Lipinski definition) is 2. The molecule has 1 atom stereocenters. The van der Waals surface area contributed by atoms with E-state index in [1.165, 1.54) is 7.11 Å². The highest BCUT2D eigenvalue weighted by Gasteiger charge is 2.18. The Balaban J connectivity index is 0.00000256. The van der Waals surface area contributed by atoms with Crippen LogP contribution >= 0.6 is 28.3 Å². The number of carbonyl (C=O) groups excluding carboxylic acids is 1. The molecule has 0 saturated heterocycles. The van der Waals surface area contributed by atoms with Gasteiger partial charge in [0.1, 0.15) is 11.6 Å². The van der Waals surface area contributed by atoms with Crippen LogP contribution in [0.4, 0.5) is 4.39 Å². The van der Waals surface area contributed by atoms with E-state index in [-0.39, 0.29) is 34.6 Å². The summed E-state index contributed by atoms with van der Waals surface area (Å²) in [5.41, 5.74) is 5.83. The van der Waals surface area contributed by atoms with Crippen molar-refractivity contribution < 1.29 is 19.0 Å². The summed E-state index contributed by atoms with van der Waals surface area (Å²) in [6.45, 7) is 0. The summed E-state index contributed by atoms with van der Waals surface area (Å²) in [5.74, 6) is -1.23. The lowest BCUT2D eigenvalue weighted by molar-refractivity contribution is -0.141. The number of esters is 1. The molecule has 0 spiro atoms. The van der Waals surface area contributed by atoms with E-state index in [1.54, 1.807) is 0 Å². The standard InChI is InChI=1S/C10H11BrFNO3.ClH/c1-16-9(14)4-8(13)6-2-5(12)3-7(11)10(6)15;/h2-3,8,15H,4,13H2,1H3;1H/t8-;/m0./s1. The second-order valence-electron chi connectivity index (χ2n) is 3.21. The van der Waals surface area contributed by atoms with Crippen molar-refractivity contribution in [2.24, 2.45) is 5.73 Å². The minimum absolute atomic E-state index is 0. The first-order valence-electron chi connectivity index (χ1n) is 4.46. The van der Waals surface area contributed by atoms with Crippen molar-refractivity contribution in [2.45, 2.75) is 12.5 Å². The highest BCUT2D eigenvalue weighted by atomic mass is 79.9. The molecule has 1 rings (SSSR count). The molecule has 0 bridgehead atoms. The lowest BCUT2D eigenvalue weighted by atomic mass is 10.0. The van der Waals surface area contributed by atoms with Crippen molar-refractivity contribution in [3.63, 3.8) is 0 Å². The average molecular weight is 329 g/mol. The van der Waals surface area contributed by atoms with Gasteiger partial charge in [-0.3, -0.25) is 4.79 Å². The lowest BCUT2D eigenvalue weighted by Gasteiger charge is -2.13. The maximum Gasteiger partial charge on any atom is 0.307 e. The van der Waals surface area contributed by atoms with Gasteiger partial charge in [0.25, 0.3) is 0 Å². The fourth-order valence-electron chi connectivity index (χ4n) is 1.24. The molecule has 0 aromatic heterocycles. The Bertz CT molecular complexity index is 417. The SMILES string of the molecule is COC(=O)C[C@H](N)c1cc(F)cc(Br)c1O.Cl. The van der Waals surface area contributed by atoms with E-state index in [4.69, 9.17) is 5.73 Å². The van der Waals surface area contributed by atoms with Crippen molar-refractivity contribution in [1.82, 2.24) is 0 Å². The van der Waals surface area contributed by atoms with Crippen LogP contribution in [0.15, 0.2) is 16.6 Å². The van der Waals surface area contributed by atoms with Gasteiger partial charge in [-0.25, -0.2) is 4.39 Å². The Hall–Kier alpha value is -0.850. The Morgan fingerprint density at radius 2 is 2.24 bits per heavy atom. The Morgan fingerprint density at radius 3 is 2.76 bits per heavy atom. The molecule has 1 aromatic rings. The van der Waals surface area contributed by atoms with Crippen LogP contribution in [0.1, 0.15) is 18.0 Å². The zero-order valence-corrected chi connectivity index (χ0v) is 11.3. The largest absolute Gasteiger partial charge is 0.506 e. The molecular weight excluding hydrogens is 316 g/mol. The molecule has 0 saturated carbocycles. The van der Waals surface area contributed by atoms with Crippen LogP contribution < -0.4 is 5.73 Å². The number of methoxy groups -OCH3 is 1. The van der Waals surface area contributed by atoms with Crippen molar-refractivity contribution in [2.75, 3.05) is 7.11 Å². The molecule has 0 fully saturated rings. The third-order valence-electron chi connectivity index (χ3n) is 2.07. The molecule has 17 heavy (non-hydrogen) atoms. The third-order valence-corrected chi connectivity index (χ3v) is 2.68. The lowest BCUT2D eigenvalue weighted by Crippen LogP contribution is -2.16. The highest BCUT2D eigenvalue weighted by Crippen LogP contribution is 2.33. The second-order valence-corrected chi connectivity index (χ2v) is 4.07. The molecule has 96 valence electrons. The summed E-state index contributed by atoms with van der Waals surface area (Å²) in [4.78, 5) is 11.0. The zero-order chi connectivity index (χ0) is 12.3. The quantitative estimate of drug-likeness (QED) is 0.835. The first kappa shape index (κ1) is 16.1. The van der Waals surface area contributed by atoms with Gasteiger partial charge in [-0.05, 0) is 28.1 Å². The van der Waals surface area contributed by atoms with Crippen LogP contribution in [-0.4, -0.2) is 18.2 Å². The van der Waals surface area contributed by atoms with Gasteiger partial charge in [0.15, 0.2) is 0 Å². The highest BCUT2D eigenvalue weighted by molar-refractivity contribution is 9.10. The van der Waals surface area contributed by atoms with Crippen molar-refractivity contribution in [3.8, 4) is 5.75 Å². The van der Waals surface area contributed by atoms with Gasteiger partial charge >= 0.3 is 5.97 Å². The van der Waals surface area contributed by atoms with Crippen LogP contribution in [-0.2, 0) is 9.53 Å². The van der Waals surface area contributed by atoms with Crippen LogP contribution in [0, 0.1) is 5.82 Å². The molecular formula is C10H12BrClFNO3. The number of carbonyl (C=O) groups is 1. The summed E-state index contributed by atoms with van der Waals surface area (Å²) in [7, 11) is 1.23. The van der Waals surface area contributed by atoms with E-state index in [2.05, 4.69) is 20.7 Å². The second kappa shape index (κ2) is 6.78. The number of benzene rings is 1. The number of phenols is 1. The molecule has 4 nitrogen and oxygen atoms in total. The fraction of sp³-hybridized carbons (Fsp3) is 0.300. The number of rotatable bonds is 3. The van der Waals surface area contributed by atoms with Crippen LogP contribution in [0.2, 0.25) is 0 Å². The number of ether oxygens (including phenoxy) is 1. The van der Waals surface area contributed by atoms with E-state index in [0.717, 1.165) is 12.1 Å². The summed E-state index contributed by atoms with van der Waals surface area (Å²) in [6.07, 6.45) is -0.125. The molecule has 0 amide bonds. The number of halogens is 3. The molecule has 3 N–H and O–H groups in total. The molecule has 0 aliphatic rings. The van der Waals surface area contributed by atoms with Crippen LogP contribution in [0.25, 0.3) is 0 Å². The van der Waals surface area contributed by atoms with E-state index < -0.39 is 17.8 Å². The fourth-order valence-corrected chi connectivity index (χ4v) is 1.69.